The molecule has 2 aromatic rings. The smallest absolute Gasteiger partial charge is 0.416 e. The zero-order chi connectivity index (χ0) is 18.9. The van der Waals surface area contributed by atoms with Crippen LogP contribution in [0.25, 0.3) is 0 Å². The predicted molar refractivity (Wildman–Crippen MR) is 83.7 cm³/mol. The summed E-state index contributed by atoms with van der Waals surface area (Å²) in [6.07, 6.45) is -2.20. The van der Waals surface area contributed by atoms with Crippen LogP contribution in [0.5, 0.6) is 5.75 Å². The molecule has 0 aliphatic carbocycles. The Morgan fingerprint density at radius 3 is 2.50 bits per heavy atom. The maximum atomic E-state index is 13.0. The molecule has 1 aromatic heterocycles. The van der Waals surface area contributed by atoms with Crippen LogP contribution in [0.15, 0.2) is 30.6 Å². The molecule has 1 aliphatic heterocycles. The molecule has 26 heavy (non-hydrogen) atoms. The molecule has 136 valence electrons. The second-order valence-corrected chi connectivity index (χ2v) is 5.62. The molecule has 0 spiro atoms. The number of ether oxygens (including phenoxy) is 1. The summed E-state index contributed by atoms with van der Waals surface area (Å²) in [7, 11) is 0. The first-order valence-corrected chi connectivity index (χ1v) is 7.54. The van der Waals surface area contributed by atoms with E-state index in [-0.39, 0.29) is 28.8 Å². The average molecular weight is 387 g/mol. The fourth-order valence-corrected chi connectivity index (χ4v) is 2.48. The summed E-state index contributed by atoms with van der Waals surface area (Å²) >= 11 is 5.85. The van der Waals surface area contributed by atoms with Crippen LogP contribution in [-0.2, 0) is 17.6 Å². The number of amides is 3. The fourth-order valence-electron chi connectivity index (χ4n) is 2.25. The molecule has 1 fully saturated rings. The maximum Gasteiger partial charge on any atom is 0.416 e. The molecule has 0 unspecified atom stereocenters. The molecule has 1 aromatic carbocycles. The standard InChI is InChI=1S/C15H10ClF3N4O3/c16-11-3-1-2-10(15(17,18)19)9(11)7-26-8-4-20-13(21-5-8)23-6-12(24)22-14(23)25/h1-5H,6-7H2,(H,22,24,25). The Bertz CT molecular complexity index is 858. The highest BCUT2D eigenvalue weighted by molar-refractivity contribution is 6.31. The summed E-state index contributed by atoms with van der Waals surface area (Å²) in [4.78, 5) is 31.4. The number of hydrogen-bond donors (Lipinski definition) is 1. The van der Waals surface area contributed by atoms with Crippen LogP contribution in [0.2, 0.25) is 5.02 Å². The normalized spacial score (nSPS) is 14.5. The van der Waals surface area contributed by atoms with Crippen LogP contribution in [0.4, 0.5) is 23.9 Å². The van der Waals surface area contributed by atoms with Crippen LogP contribution in [-0.4, -0.2) is 28.5 Å². The highest BCUT2D eigenvalue weighted by Gasteiger charge is 2.34. The summed E-state index contributed by atoms with van der Waals surface area (Å²) in [5.74, 6) is -0.445. The van der Waals surface area contributed by atoms with E-state index in [0.717, 1.165) is 11.0 Å². The van der Waals surface area contributed by atoms with Crippen molar-refractivity contribution in [2.75, 3.05) is 11.4 Å². The summed E-state index contributed by atoms with van der Waals surface area (Å²) in [5.41, 5.74) is -1.11. The van der Waals surface area contributed by atoms with Gasteiger partial charge in [0.1, 0.15) is 13.2 Å². The number of rotatable bonds is 4. The molecular weight excluding hydrogens is 377 g/mol. The van der Waals surface area contributed by atoms with E-state index in [1.54, 1.807) is 0 Å². The number of alkyl halides is 3. The van der Waals surface area contributed by atoms with E-state index in [1.807, 2.05) is 0 Å². The monoisotopic (exact) mass is 386 g/mol. The van der Waals surface area contributed by atoms with Crippen LogP contribution >= 0.6 is 11.6 Å². The molecule has 2 heterocycles. The number of imide groups is 1. The number of nitrogens with one attached hydrogen (secondary N) is 1. The van der Waals surface area contributed by atoms with Crippen LogP contribution < -0.4 is 15.0 Å². The number of carbonyl (C=O) groups excluding carboxylic acids is 2. The topological polar surface area (TPSA) is 84.4 Å². The Morgan fingerprint density at radius 1 is 1.23 bits per heavy atom. The van der Waals surface area contributed by atoms with Gasteiger partial charge in [-0.3, -0.25) is 15.0 Å². The third-order valence-electron chi connectivity index (χ3n) is 3.46. The van der Waals surface area contributed by atoms with Crippen LogP contribution in [0, 0.1) is 0 Å². The number of halogens is 4. The maximum absolute atomic E-state index is 13.0. The zero-order valence-corrected chi connectivity index (χ0v) is 13.6. The minimum absolute atomic E-state index is 0.0329. The Labute approximate surface area is 149 Å². The molecule has 1 saturated heterocycles. The molecule has 0 atom stereocenters. The minimum atomic E-state index is -4.57. The van der Waals surface area contributed by atoms with Crippen molar-refractivity contribution in [2.45, 2.75) is 12.8 Å². The van der Waals surface area contributed by atoms with Crippen LogP contribution in [0.1, 0.15) is 11.1 Å². The van der Waals surface area contributed by atoms with E-state index in [0.29, 0.717) is 0 Å². The first-order valence-electron chi connectivity index (χ1n) is 7.16. The van der Waals surface area contributed by atoms with Crippen molar-refractivity contribution in [3.63, 3.8) is 0 Å². The molecule has 1 aliphatic rings. The third-order valence-corrected chi connectivity index (χ3v) is 3.81. The third kappa shape index (κ3) is 3.69. The summed E-state index contributed by atoms with van der Waals surface area (Å²) in [6, 6.07) is 2.79. The lowest BCUT2D eigenvalue weighted by Gasteiger charge is -2.15. The Kier molecular flexibility index (Phi) is 4.68. The van der Waals surface area contributed by atoms with Gasteiger partial charge >= 0.3 is 12.2 Å². The first-order chi connectivity index (χ1) is 12.3. The second-order valence-electron chi connectivity index (χ2n) is 5.21. The Hall–Kier alpha value is -2.88. The van der Waals surface area contributed by atoms with Crippen molar-refractivity contribution < 1.29 is 27.5 Å². The van der Waals surface area contributed by atoms with Gasteiger partial charge in [-0.1, -0.05) is 17.7 Å². The summed E-state index contributed by atoms with van der Waals surface area (Å²) < 4.78 is 44.4. The van der Waals surface area contributed by atoms with Gasteiger partial charge in [-0.05, 0) is 12.1 Å². The summed E-state index contributed by atoms with van der Waals surface area (Å²) in [6.45, 7) is -0.659. The van der Waals surface area contributed by atoms with Gasteiger partial charge < -0.3 is 4.74 Å². The number of anilines is 1. The van der Waals surface area contributed by atoms with Gasteiger partial charge in [-0.2, -0.15) is 13.2 Å². The largest absolute Gasteiger partial charge is 0.486 e. The highest BCUT2D eigenvalue weighted by Crippen LogP contribution is 2.35. The van der Waals surface area contributed by atoms with Crippen molar-refractivity contribution in [1.29, 1.82) is 0 Å². The average Bonchev–Trinajstić information content (AvgIpc) is 2.91. The van der Waals surface area contributed by atoms with Gasteiger partial charge in [0.05, 0.1) is 18.0 Å². The minimum Gasteiger partial charge on any atom is -0.486 e. The van der Waals surface area contributed by atoms with Crippen molar-refractivity contribution >= 4 is 29.5 Å². The highest BCUT2D eigenvalue weighted by atomic mass is 35.5. The zero-order valence-electron chi connectivity index (χ0n) is 12.9. The van der Waals surface area contributed by atoms with E-state index in [2.05, 4.69) is 15.3 Å². The number of benzene rings is 1. The Balaban J connectivity index is 1.74. The van der Waals surface area contributed by atoms with Crippen molar-refractivity contribution in [3.05, 3.63) is 46.7 Å². The van der Waals surface area contributed by atoms with Crippen molar-refractivity contribution in [3.8, 4) is 5.75 Å². The number of hydrogen-bond acceptors (Lipinski definition) is 5. The SMILES string of the molecule is O=C1CN(c2ncc(OCc3c(Cl)cccc3C(F)(F)F)cn2)C(=O)N1. The molecule has 11 heteroatoms. The van der Waals surface area contributed by atoms with Gasteiger partial charge in [-0.15, -0.1) is 0 Å². The lowest BCUT2D eigenvalue weighted by Crippen LogP contribution is -2.29. The van der Waals surface area contributed by atoms with Gasteiger partial charge in [-0.25, -0.2) is 14.8 Å². The van der Waals surface area contributed by atoms with Crippen molar-refractivity contribution in [2.24, 2.45) is 0 Å². The lowest BCUT2D eigenvalue weighted by molar-refractivity contribution is -0.138. The molecule has 3 rings (SSSR count). The molecular formula is C15H10ClF3N4O3. The molecule has 0 saturated carbocycles. The lowest BCUT2D eigenvalue weighted by atomic mass is 10.1. The Morgan fingerprint density at radius 2 is 1.92 bits per heavy atom. The van der Waals surface area contributed by atoms with Gasteiger partial charge in [0, 0.05) is 10.6 Å². The van der Waals surface area contributed by atoms with E-state index in [4.69, 9.17) is 16.3 Å². The molecule has 1 N–H and O–H groups in total. The molecule has 3 amide bonds. The van der Waals surface area contributed by atoms with E-state index < -0.39 is 30.3 Å². The number of urea groups is 1. The quantitative estimate of drug-likeness (QED) is 0.817. The second kappa shape index (κ2) is 6.79. The predicted octanol–water partition coefficient (Wildman–Crippen LogP) is 2.78. The van der Waals surface area contributed by atoms with Gasteiger partial charge in [0.15, 0.2) is 5.75 Å². The summed E-state index contributed by atoms with van der Waals surface area (Å²) in [5, 5.41) is 1.99. The first kappa shape index (κ1) is 17.9. The van der Waals surface area contributed by atoms with Crippen molar-refractivity contribution in [1.82, 2.24) is 15.3 Å². The molecule has 0 radical (unpaired) electrons. The molecule has 7 nitrogen and oxygen atoms in total. The van der Waals surface area contributed by atoms with E-state index in [1.165, 1.54) is 24.5 Å². The van der Waals surface area contributed by atoms with Crippen LogP contribution in [0.3, 0.4) is 0 Å². The van der Waals surface area contributed by atoms with Gasteiger partial charge in [0.25, 0.3) is 0 Å². The molecule has 0 bridgehead atoms. The van der Waals surface area contributed by atoms with Gasteiger partial charge in [0.2, 0.25) is 11.9 Å². The fraction of sp³-hybridized carbons (Fsp3) is 0.200. The number of aromatic nitrogens is 2. The number of nitrogens with zero attached hydrogens (tertiary/aromatic N) is 3. The van der Waals surface area contributed by atoms with E-state index in [9.17, 15) is 22.8 Å². The van der Waals surface area contributed by atoms with E-state index >= 15 is 0 Å². The number of carbonyl (C=O) groups is 2.